The number of nitrogens with one attached hydrogen (secondary N) is 2. The number of amides is 2. The van der Waals surface area contributed by atoms with Crippen LogP contribution in [0.4, 0.5) is 0 Å². The van der Waals surface area contributed by atoms with E-state index in [0.29, 0.717) is 30.1 Å². The Morgan fingerprint density at radius 1 is 0.953 bits per heavy atom. The molecule has 1 saturated heterocycles. The first-order valence-corrected chi connectivity index (χ1v) is 14.9. The summed E-state index contributed by atoms with van der Waals surface area (Å²) in [6.07, 6.45) is 4.12. The van der Waals surface area contributed by atoms with Crippen molar-refractivity contribution < 1.29 is 14.0 Å². The summed E-state index contributed by atoms with van der Waals surface area (Å²) in [5.74, 6) is 0.285. The smallest absolute Gasteiger partial charge is 0.254 e. The fraction of sp³-hybridized carbons (Fsp3) is 0.306. The minimum Gasteiger partial charge on any atom is -0.446 e. The number of benzene rings is 3. The molecule has 4 aromatic rings. The van der Waals surface area contributed by atoms with Crippen LogP contribution in [-0.4, -0.2) is 41.3 Å². The number of carbonyl (C=O) groups excluding carboxylic acids is 2. The molecule has 5 rings (SSSR count). The second kappa shape index (κ2) is 15.7. The van der Waals surface area contributed by atoms with Crippen LogP contribution in [0.3, 0.4) is 0 Å². The topological polar surface area (TPSA) is 87.5 Å². The molecule has 1 aliphatic heterocycles. The minimum absolute atomic E-state index is 0.108. The summed E-state index contributed by atoms with van der Waals surface area (Å²) < 4.78 is 5.56. The van der Waals surface area contributed by atoms with Crippen molar-refractivity contribution >= 4 is 17.4 Å². The average molecular weight is 579 g/mol. The van der Waals surface area contributed by atoms with Crippen LogP contribution in [0.25, 0.3) is 5.57 Å². The van der Waals surface area contributed by atoms with Gasteiger partial charge < -0.3 is 20.0 Å². The number of likely N-dealkylation sites (tertiary alicyclic amines) is 1. The Labute approximate surface area is 255 Å². The summed E-state index contributed by atoms with van der Waals surface area (Å²) >= 11 is 0. The monoisotopic (exact) mass is 578 g/mol. The van der Waals surface area contributed by atoms with Crippen LogP contribution in [-0.2, 0) is 6.54 Å². The number of oxazole rings is 1. The van der Waals surface area contributed by atoms with Crippen molar-refractivity contribution in [2.45, 2.75) is 52.6 Å². The molecule has 0 aliphatic carbocycles. The molecule has 7 nitrogen and oxygen atoms in total. The summed E-state index contributed by atoms with van der Waals surface area (Å²) in [6, 6.07) is 25.3. The molecule has 0 spiro atoms. The maximum absolute atomic E-state index is 13.2. The van der Waals surface area contributed by atoms with Gasteiger partial charge in [0.1, 0.15) is 12.3 Å². The van der Waals surface area contributed by atoms with E-state index in [2.05, 4.69) is 59.5 Å². The Bertz CT molecular complexity index is 1510. The zero-order chi connectivity index (χ0) is 30.6. The lowest BCUT2D eigenvalue weighted by atomic mass is 10.1. The molecule has 1 unspecified atom stereocenters. The van der Waals surface area contributed by atoms with Crippen LogP contribution in [0, 0.1) is 13.8 Å². The van der Waals surface area contributed by atoms with E-state index < -0.39 is 0 Å². The first-order chi connectivity index (χ1) is 20.8. The van der Waals surface area contributed by atoms with Crippen LogP contribution in [0.1, 0.15) is 81.2 Å². The SMILES string of the molecule is C=C(C)c1cccc(CNCCCNC(=O)c2cccc(C(=O)N3CCCC3c3nc(C)co3)c2)c1.Cc1ccccc1. The predicted molar refractivity (Wildman–Crippen MR) is 172 cm³/mol. The van der Waals surface area contributed by atoms with Gasteiger partial charge in [-0.15, -0.1) is 0 Å². The summed E-state index contributed by atoms with van der Waals surface area (Å²) in [5.41, 5.74) is 6.51. The van der Waals surface area contributed by atoms with E-state index in [-0.39, 0.29) is 17.9 Å². The molecule has 1 aliphatic rings. The molecular formula is C36H42N4O3. The van der Waals surface area contributed by atoms with Gasteiger partial charge in [-0.05, 0) is 75.9 Å². The summed E-state index contributed by atoms with van der Waals surface area (Å²) in [6.45, 7) is 12.7. The van der Waals surface area contributed by atoms with Crippen LogP contribution >= 0.6 is 0 Å². The van der Waals surface area contributed by atoms with Crippen molar-refractivity contribution in [2.75, 3.05) is 19.6 Å². The van der Waals surface area contributed by atoms with Gasteiger partial charge in [0.25, 0.3) is 11.8 Å². The third-order valence-electron chi connectivity index (χ3n) is 7.31. The fourth-order valence-electron chi connectivity index (χ4n) is 4.98. The number of hydrogen-bond acceptors (Lipinski definition) is 5. The molecule has 1 atom stereocenters. The molecule has 7 heteroatoms. The van der Waals surface area contributed by atoms with Crippen molar-refractivity contribution in [1.29, 1.82) is 0 Å². The van der Waals surface area contributed by atoms with E-state index in [1.165, 1.54) is 11.1 Å². The van der Waals surface area contributed by atoms with E-state index in [1.807, 2.05) is 38.1 Å². The average Bonchev–Trinajstić information content (AvgIpc) is 3.68. The van der Waals surface area contributed by atoms with Gasteiger partial charge in [-0.1, -0.05) is 78.4 Å². The van der Waals surface area contributed by atoms with Crippen molar-refractivity contribution in [1.82, 2.24) is 20.5 Å². The van der Waals surface area contributed by atoms with Gasteiger partial charge in [0.05, 0.1) is 5.69 Å². The Balaban J connectivity index is 0.000000530. The van der Waals surface area contributed by atoms with E-state index in [4.69, 9.17) is 4.42 Å². The molecule has 2 N–H and O–H groups in total. The molecule has 3 aromatic carbocycles. The van der Waals surface area contributed by atoms with Gasteiger partial charge >= 0.3 is 0 Å². The highest BCUT2D eigenvalue weighted by molar-refractivity contribution is 5.99. The maximum atomic E-state index is 13.2. The Morgan fingerprint density at radius 2 is 1.70 bits per heavy atom. The van der Waals surface area contributed by atoms with Crippen molar-refractivity contribution in [3.8, 4) is 0 Å². The molecule has 0 saturated carbocycles. The molecule has 2 heterocycles. The highest BCUT2D eigenvalue weighted by Crippen LogP contribution is 2.32. The molecule has 1 fully saturated rings. The molecule has 0 radical (unpaired) electrons. The maximum Gasteiger partial charge on any atom is 0.254 e. The van der Waals surface area contributed by atoms with Gasteiger partial charge in [0.15, 0.2) is 0 Å². The third kappa shape index (κ3) is 9.25. The van der Waals surface area contributed by atoms with Gasteiger partial charge in [0, 0.05) is 30.8 Å². The van der Waals surface area contributed by atoms with Crippen molar-refractivity contribution in [3.05, 3.63) is 131 Å². The number of nitrogens with zero attached hydrogens (tertiary/aromatic N) is 2. The Morgan fingerprint density at radius 3 is 2.40 bits per heavy atom. The van der Waals surface area contributed by atoms with Gasteiger partial charge in [0.2, 0.25) is 5.89 Å². The van der Waals surface area contributed by atoms with E-state index in [0.717, 1.165) is 49.2 Å². The zero-order valence-corrected chi connectivity index (χ0v) is 25.4. The predicted octanol–water partition coefficient (Wildman–Crippen LogP) is 6.90. The van der Waals surface area contributed by atoms with Gasteiger partial charge in [-0.3, -0.25) is 9.59 Å². The van der Waals surface area contributed by atoms with Crippen LogP contribution in [0.2, 0.25) is 0 Å². The first kappa shape index (κ1) is 31.4. The molecular weight excluding hydrogens is 536 g/mol. The summed E-state index contributed by atoms with van der Waals surface area (Å²) in [7, 11) is 0. The number of rotatable bonds is 10. The van der Waals surface area contributed by atoms with Gasteiger partial charge in [-0.25, -0.2) is 4.98 Å². The second-order valence-electron chi connectivity index (χ2n) is 11.0. The largest absolute Gasteiger partial charge is 0.446 e. The highest BCUT2D eigenvalue weighted by Gasteiger charge is 2.33. The lowest BCUT2D eigenvalue weighted by Gasteiger charge is -2.22. The second-order valence-corrected chi connectivity index (χ2v) is 11.0. The lowest BCUT2D eigenvalue weighted by Crippen LogP contribution is -2.31. The van der Waals surface area contributed by atoms with Gasteiger partial charge in [-0.2, -0.15) is 0 Å². The van der Waals surface area contributed by atoms with Crippen LogP contribution in [0.15, 0.2) is 96.1 Å². The zero-order valence-electron chi connectivity index (χ0n) is 25.4. The standard InChI is InChI=1S/C29H34N4O3.C7H8/c1-20(2)23-9-4-8-22(16-23)18-30-13-7-14-31-27(34)24-10-5-11-25(17-24)29(35)33-15-6-12-26(33)28-32-21(3)19-36-28;1-7-5-3-2-4-6-7/h4-5,8-11,16-17,19,26,30H,1,6-7,12-15,18H2,2-3H3,(H,31,34);2-6H,1H3. The van der Waals surface area contributed by atoms with Crippen LogP contribution in [0.5, 0.6) is 0 Å². The molecule has 224 valence electrons. The fourth-order valence-corrected chi connectivity index (χ4v) is 4.98. The highest BCUT2D eigenvalue weighted by atomic mass is 16.3. The van der Waals surface area contributed by atoms with Crippen molar-refractivity contribution in [3.63, 3.8) is 0 Å². The van der Waals surface area contributed by atoms with Crippen molar-refractivity contribution in [2.24, 2.45) is 0 Å². The number of hydrogen-bond donors (Lipinski definition) is 2. The normalized spacial score (nSPS) is 14.1. The number of aromatic nitrogens is 1. The molecule has 0 bridgehead atoms. The number of carbonyl (C=O) groups is 2. The minimum atomic E-state index is -0.180. The summed E-state index contributed by atoms with van der Waals surface area (Å²) in [4.78, 5) is 32.1. The molecule has 2 amide bonds. The Hall–Kier alpha value is -4.49. The lowest BCUT2D eigenvalue weighted by molar-refractivity contribution is 0.0715. The quantitative estimate of drug-likeness (QED) is 0.200. The number of aryl methyl sites for hydroxylation is 2. The van der Waals surface area contributed by atoms with E-state index in [9.17, 15) is 9.59 Å². The Kier molecular flexibility index (Phi) is 11.5. The summed E-state index contributed by atoms with van der Waals surface area (Å²) in [5, 5.41) is 6.37. The first-order valence-electron chi connectivity index (χ1n) is 14.9. The van der Waals surface area contributed by atoms with E-state index in [1.54, 1.807) is 35.4 Å². The molecule has 43 heavy (non-hydrogen) atoms. The number of allylic oxidation sites excluding steroid dienone is 1. The molecule has 1 aromatic heterocycles. The third-order valence-corrected chi connectivity index (χ3v) is 7.31. The van der Waals surface area contributed by atoms with E-state index >= 15 is 0 Å². The van der Waals surface area contributed by atoms with Crippen LogP contribution < -0.4 is 10.6 Å².